The molecule has 3 atom stereocenters. The lowest BCUT2D eigenvalue weighted by atomic mass is 9.67. The van der Waals surface area contributed by atoms with Crippen LogP contribution in [0.25, 0.3) is 0 Å². The Morgan fingerprint density at radius 3 is 2.53 bits per heavy atom. The summed E-state index contributed by atoms with van der Waals surface area (Å²) < 4.78 is 5.47. The Kier molecular flexibility index (Phi) is 5.27. The van der Waals surface area contributed by atoms with Crippen LogP contribution < -0.4 is 5.73 Å². The first-order chi connectivity index (χ1) is 9.10. The molecular weight excluding hydrogens is 236 g/mol. The van der Waals surface area contributed by atoms with Crippen molar-refractivity contribution < 1.29 is 4.74 Å². The van der Waals surface area contributed by atoms with Gasteiger partial charge in [0, 0.05) is 31.8 Å². The highest BCUT2D eigenvalue weighted by molar-refractivity contribution is 4.99. The molecule has 112 valence electrons. The minimum Gasteiger partial charge on any atom is -0.381 e. The molecule has 1 aliphatic heterocycles. The molecule has 0 bridgehead atoms. The maximum absolute atomic E-state index is 6.23. The van der Waals surface area contributed by atoms with Crippen LogP contribution in [-0.2, 0) is 4.74 Å². The third-order valence-electron chi connectivity index (χ3n) is 5.96. The highest BCUT2D eigenvalue weighted by atomic mass is 16.5. The molecule has 1 heterocycles. The minimum atomic E-state index is 0.232. The summed E-state index contributed by atoms with van der Waals surface area (Å²) in [6.07, 6.45) is 6.41. The molecule has 2 N–H and O–H groups in total. The van der Waals surface area contributed by atoms with Crippen molar-refractivity contribution in [3.05, 3.63) is 0 Å². The molecule has 3 unspecified atom stereocenters. The number of rotatable bonds is 4. The van der Waals surface area contributed by atoms with Crippen LogP contribution in [0.5, 0.6) is 0 Å². The van der Waals surface area contributed by atoms with Crippen molar-refractivity contribution in [2.75, 3.05) is 33.4 Å². The third kappa shape index (κ3) is 3.14. The molecule has 0 aromatic heterocycles. The fraction of sp³-hybridized carbons (Fsp3) is 1.00. The van der Waals surface area contributed by atoms with Gasteiger partial charge in [0.05, 0.1) is 0 Å². The Hall–Kier alpha value is -0.120. The molecule has 2 rings (SSSR count). The van der Waals surface area contributed by atoms with Gasteiger partial charge in [-0.2, -0.15) is 0 Å². The van der Waals surface area contributed by atoms with Crippen molar-refractivity contribution >= 4 is 0 Å². The summed E-state index contributed by atoms with van der Waals surface area (Å²) in [5.41, 5.74) is 6.46. The first-order valence-electron chi connectivity index (χ1n) is 8.09. The smallest absolute Gasteiger partial charge is 0.0469 e. The van der Waals surface area contributed by atoms with Gasteiger partial charge in [0.15, 0.2) is 0 Å². The number of nitrogens with zero attached hydrogens (tertiary/aromatic N) is 1. The highest BCUT2D eigenvalue weighted by Crippen LogP contribution is 2.41. The van der Waals surface area contributed by atoms with Crippen LogP contribution in [0.3, 0.4) is 0 Å². The van der Waals surface area contributed by atoms with Gasteiger partial charge in [-0.15, -0.1) is 0 Å². The Morgan fingerprint density at radius 2 is 1.89 bits per heavy atom. The molecule has 1 saturated heterocycles. The molecule has 19 heavy (non-hydrogen) atoms. The van der Waals surface area contributed by atoms with Gasteiger partial charge >= 0.3 is 0 Å². The van der Waals surface area contributed by atoms with E-state index in [-0.39, 0.29) is 5.54 Å². The lowest BCUT2D eigenvalue weighted by molar-refractivity contribution is -0.0179. The Balaban J connectivity index is 2.02. The van der Waals surface area contributed by atoms with Gasteiger partial charge in [-0.25, -0.2) is 0 Å². The summed E-state index contributed by atoms with van der Waals surface area (Å²) in [5.74, 6) is 2.30. The van der Waals surface area contributed by atoms with Crippen molar-refractivity contribution in [1.82, 2.24) is 4.90 Å². The summed E-state index contributed by atoms with van der Waals surface area (Å²) in [6.45, 7) is 8.70. The summed E-state index contributed by atoms with van der Waals surface area (Å²) in [7, 11) is 2.30. The van der Waals surface area contributed by atoms with Crippen LogP contribution in [0, 0.1) is 17.8 Å². The van der Waals surface area contributed by atoms with Gasteiger partial charge < -0.3 is 10.5 Å². The van der Waals surface area contributed by atoms with E-state index in [0.29, 0.717) is 5.92 Å². The molecule has 0 aromatic rings. The molecule has 1 saturated carbocycles. The second-order valence-corrected chi connectivity index (χ2v) is 6.90. The highest BCUT2D eigenvalue weighted by Gasteiger charge is 2.43. The number of hydrogen-bond donors (Lipinski definition) is 1. The van der Waals surface area contributed by atoms with Gasteiger partial charge in [0.1, 0.15) is 0 Å². The predicted molar refractivity (Wildman–Crippen MR) is 80.1 cm³/mol. The van der Waals surface area contributed by atoms with Crippen LogP contribution in [0.15, 0.2) is 0 Å². The maximum Gasteiger partial charge on any atom is 0.0469 e. The molecule has 0 spiro atoms. The van der Waals surface area contributed by atoms with Gasteiger partial charge in [0.2, 0.25) is 0 Å². The van der Waals surface area contributed by atoms with Crippen LogP contribution >= 0.6 is 0 Å². The monoisotopic (exact) mass is 268 g/mol. The van der Waals surface area contributed by atoms with Crippen molar-refractivity contribution in [3.8, 4) is 0 Å². The van der Waals surface area contributed by atoms with Crippen molar-refractivity contribution in [3.63, 3.8) is 0 Å². The quantitative estimate of drug-likeness (QED) is 0.851. The van der Waals surface area contributed by atoms with E-state index in [1.54, 1.807) is 0 Å². The number of nitrogens with two attached hydrogens (primary N) is 1. The topological polar surface area (TPSA) is 38.5 Å². The van der Waals surface area contributed by atoms with Gasteiger partial charge in [-0.05, 0) is 44.1 Å². The molecule has 0 radical (unpaired) electrons. The van der Waals surface area contributed by atoms with E-state index in [0.717, 1.165) is 31.6 Å². The van der Waals surface area contributed by atoms with Gasteiger partial charge in [-0.1, -0.05) is 26.7 Å². The second kappa shape index (κ2) is 6.55. The van der Waals surface area contributed by atoms with E-state index >= 15 is 0 Å². The number of hydrogen-bond acceptors (Lipinski definition) is 3. The summed E-state index contributed by atoms with van der Waals surface area (Å²) in [5, 5.41) is 0. The molecule has 0 aromatic carbocycles. The summed E-state index contributed by atoms with van der Waals surface area (Å²) in [6, 6.07) is 0. The van der Waals surface area contributed by atoms with Crippen LogP contribution in [0.4, 0.5) is 0 Å². The normalized spacial score (nSPS) is 37.7. The predicted octanol–water partition coefficient (Wildman–Crippen LogP) is 2.50. The zero-order valence-electron chi connectivity index (χ0n) is 13.0. The van der Waals surface area contributed by atoms with Gasteiger partial charge in [-0.3, -0.25) is 4.90 Å². The average molecular weight is 268 g/mol. The van der Waals surface area contributed by atoms with Crippen molar-refractivity contribution in [2.24, 2.45) is 23.5 Å². The van der Waals surface area contributed by atoms with Gasteiger partial charge in [0.25, 0.3) is 0 Å². The number of likely N-dealkylation sites (N-methyl/N-ethyl adjacent to an activating group) is 1. The standard InChI is InChI=1S/C16H32N2O/c1-13-5-4-8-16(12-17,14(13)2)18(3)11-15-6-9-19-10-7-15/h13-15H,4-12,17H2,1-3H3. The minimum absolute atomic E-state index is 0.232. The second-order valence-electron chi connectivity index (χ2n) is 6.90. The third-order valence-corrected chi connectivity index (χ3v) is 5.96. The summed E-state index contributed by atoms with van der Waals surface area (Å²) in [4.78, 5) is 2.60. The molecule has 0 amide bonds. The maximum atomic E-state index is 6.23. The zero-order chi connectivity index (χ0) is 13.9. The number of ether oxygens (including phenoxy) is 1. The van der Waals surface area contributed by atoms with E-state index < -0.39 is 0 Å². The fourth-order valence-electron chi connectivity index (χ4n) is 4.22. The molecule has 3 nitrogen and oxygen atoms in total. The molecule has 2 fully saturated rings. The molecule has 1 aliphatic carbocycles. The van der Waals surface area contributed by atoms with Crippen molar-refractivity contribution in [2.45, 2.75) is 51.5 Å². The van der Waals surface area contributed by atoms with Crippen LogP contribution in [-0.4, -0.2) is 43.8 Å². The van der Waals surface area contributed by atoms with E-state index in [2.05, 4.69) is 25.8 Å². The Labute approximate surface area is 118 Å². The molecular formula is C16H32N2O. The van der Waals surface area contributed by atoms with E-state index in [9.17, 15) is 0 Å². The Morgan fingerprint density at radius 1 is 1.21 bits per heavy atom. The van der Waals surface area contributed by atoms with Crippen molar-refractivity contribution in [1.29, 1.82) is 0 Å². The largest absolute Gasteiger partial charge is 0.381 e. The van der Waals surface area contributed by atoms with Crippen LogP contribution in [0.1, 0.15) is 46.0 Å². The van der Waals surface area contributed by atoms with E-state index in [1.165, 1.54) is 38.6 Å². The van der Waals surface area contributed by atoms with E-state index in [1.807, 2.05) is 0 Å². The average Bonchev–Trinajstić information content (AvgIpc) is 2.43. The lowest BCUT2D eigenvalue weighted by Gasteiger charge is -2.52. The van der Waals surface area contributed by atoms with Crippen LogP contribution in [0.2, 0.25) is 0 Å². The molecule has 3 heteroatoms. The lowest BCUT2D eigenvalue weighted by Crippen LogP contribution is -2.60. The van der Waals surface area contributed by atoms with E-state index in [4.69, 9.17) is 10.5 Å². The molecule has 2 aliphatic rings. The first-order valence-corrected chi connectivity index (χ1v) is 8.09. The SMILES string of the molecule is CC1CCCC(CN)(N(C)CC2CCOCC2)C1C. The summed E-state index contributed by atoms with van der Waals surface area (Å²) >= 11 is 0. The first kappa shape index (κ1) is 15.3. The fourth-order valence-corrected chi connectivity index (χ4v) is 4.22. The zero-order valence-corrected chi connectivity index (χ0v) is 13.0. The Bertz CT molecular complexity index is 278.